The number of nitrogens with zero attached hydrogens (tertiary/aromatic N) is 2. The number of amides is 1. The molecule has 150 valence electrons. The molecule has 9 heteroatoms. The minimum atomic E-state index is -0.250. The predicted octanol–water partition coefficient (Wildman–Crippen LogP) is 2.22. The number of carbonyl (C=O) groups is 1. The van der Waals surface area contributed by atoms with E-state index in [1.54, 1.807) is 7.11 Å². The van der Waals surface area contributed by atoms with E-state index >= 15 is 0 Å². The highest BCUT2D eigenvalue weighted by molar-refractivity contribution is 6.30. The van der Waals surface area contributed by atoms with Gasteiger partial charge in [-0.25, -0.2) is 10.4 Å². The van der Waals surface area contributed by atoms with Gasteiger partial charge in [0.15, 0.2) is 5.82 Å². The van der Waals surface area contributed by atoms with E-state index in [-0.39, 0.29) is 24.4 Å². The topological polar surface area (TPSA) is 104 Å². The number of halogens is 1. The highest BCUT2D eigenvalue weighted by Gasteiger charge is 2.33. The first-order valence-electron chi connectivity index (χ1n) is 9.21. The van der Waals surface area contributed by atoms with Crippen LogP contribution in [-0.2, 0) is 11.3 Å². The summed E-state index contributed by atoms with van der Waals surface area (Å²) in [6.07, 6.45) is 0. The summed E-state index contributed by atoms with van der Waals surface area (Å²) in [5.74, 6) is 1.61. The van der Waals surface area contributed by atoms with E-state index in [4.69, 9.17) is 16.3 Å². The van der Waals surface area contributed by atoms with Crippen LogP contribution >= 0.6 is 11.6 Å². The second-order valence-corrected chi connectivity index (χ2v) is 7.15. The molecule has 1 aliphatic rings. The number of benzene rings is 2. The SMILES string of the molecule is COc1ccc(-c2n[nH]c(CNC(=O)C3CNNC3c3ccc(Cl)cc3)n2)cc1. The van der Waals surface area contributed by atoms with Crippen LogP contribution in [0.2, 0.25) is 5.02 Å². The maximum atomic E-state index is 12.7. The molecule has 2 unspecified atom stereocenters. The molecule has 29 heavy (non-hydrogen) atoms. The number of ether oxygens (including phenoxy) is 1. The molecule has 1 amide bonds. The first kappa shape index (κ1) is 19.4. The van der Waals surface area contributed by atoms with Crippen molar-refractivity contribution in [2.24, 2.45) is 5.92 Å². The molecule has 1 aromatic heterocycles. The van der Waals surface area contributed by atoms with Crippen molar-refractivity contribution < 1.29 is 9.53 Å². The van der Waals surface area contributed by atoms with Crippen LogP contribution in [0.4, 0.5) is 0 Å². The highest BCUT2D eigenvalue weighted by atomic mass is 35.5. The molecule has 0 saturated carbocycles. The van der Waals surface area contributed by atoms with E-state index in [0.717, 1.165) is 16.9 Å². The fourth-order valence-corrected chi connectivity index (χ4v) is 3.40. The number of aromatic nitrogens is 3. The molecule has 3 aromatic rings. The largest absolute Gasteiger partial charge is 0.497 e. The third-order valence-electron chi connectivity index (χ3n) is 4.86. The van der Waals surface area contributed by atoms with Crippen molar-refractivity contribution in [3.8, 4) is 17.1 Å². The third kappa shape index (κ3) is 4.40. The summed E-state index contributed by atoms with van der Waals surface area (Å²) in [5.41, 5.74) is 8.08. The van der Waals surface area contributed by atoms with Crippen molar-refractivity contribution in [2.45, 2.75) is 12.6 Å². The van der Waals surface area contributed by atoms with Crippen molar-refractivity contribution in [3.63, 3.8) is 0 Å². The van der Waals surface area contributed by atoms with Gasteiger partial charge in [-0.3, -0.25) is 15.3 Å². The van der Waals surface area contributed by atoms with E-state index in [0.29, 0.717) is 23.2 Å². The van der Waals surface area contributed by atoms with Gasteiger partial charge in [0.25, 0.3) is 0 Å². The maximum absolute atomic E-state index is 12.7. The molecule has 1 saturated heterocycles. The van der Waals surface area contributed by atoms with E-state index in [1.807, 2.05) is 48.5 Å². The Kier molecular flexibility index (Phi) is 5.75. The van der Waals surface area contributed by atoms with Crippen LogP contribution in [0.3, 0.4) is 0 Å². The number of hydrogen-bond donors (Lipinski definition) is 4. The lowest BCUT2D eigenvalue weighted by Crippen LogP contribution is -2.35. The third-order valence-corrected chi connectivity index (χ3v) is 5.11. The lowest BCUT2D eigenvalue weighted by atomic mass is 9.94. The number of nitrogens with one attached hydrogen (secondary N) is 4. The standard InChI is InChI=1S/C20H21ClN6O2/c1-29-15-8-4-13(5-9-15)19-24-17(25-27-19)11-22-20(28)16-10-23-26-18(16)12-2-6-14(21)7-3-12/h2-9,16,18,23,26H,10-11H2,1H3,(H,22,28)(H,24,25,27). The summed E-state index contributed by atoms with van der Waals surface area (Å²) in [6.45, 7) is 0.804. The van der Waals surface area contributed by atoms with E-state index < -0.39 is 0 Å². The molecule has 4 rings (SSSR count). The number of rotatable bonds is 6. The molecule has 2 atom stereocenters. The van der Waals surface area contributed by atoms with Crippen molar-refractivity contribution >= 4 is 17.5 Å². The second-order valence-electron chi connectivity index (χ2n) is 6.71. The minimum absolute atomic E-state index is 0.0650. The number of methoxy groups -OCH3 is 1. The van der Waals surface area contributed by atoms with Gasteiger partial charge in [-0.15, -0.1) is 0 Å². The normalized spacial score (nSPS) is 18.6. The fraction of sp³-hybridized carbons (Fsp3) is 0.250. The molecule has 0 radical (unpaired) electrons. The molecule has 8 nitrogen and oxygen atoms in total. The van der Waals surface area contributed by atoms with Gasteiger partial charge in [0.2, 0.25) is 5.91 Å². The van der Waals surface area contributed by atoms with Crippen molar-refractivity contribution in [3.05, 3.63) is 64.9 Å². The lowest BCUT2D eigenvalue weighted by Gasteiger charge is -2.18. The van der Waals surface area contributed by atoms with Crippen LogP contribution in [-0.4, -0.2) is 34.7 Å². The van der Waals surface area contributed by atoms with Crippen molar-refractivity contribution in [2.75, 3.05) is 13.7 Å². The average molecular weight is 413 g/mol. The Hall–Kier alpha value is -2.94. The average Bonchev–Trinajstić information content (AvgIpc) is 3.43. The van der Waals surface area contributed by atoms with Gasteiger partial charge in [0, 0.05) is 17.1 Å². The Morgan fingerprint density at radius 3 is 2.69 bits per heavy atom. The Balaban J connectivity index is 1.38. The molecule has 0 bridgehead atoms. The van der Waals surface area contributed by atoms with Crippen LogP contribution in [0.25, 0.3) is 11.4 Å². The summed E-state index contributed by atoms with van der Waals surface area (Å²) < 4.78 is 5.16. The summed E-state index contributed by atoms with van der Waals surface area (Å²) >= 11 is 5.96. The molecule has 1 aliphatic heterocycles. The van der Waals surface area contributed by atoms with E-state index in [1.165, 1.54) is 0 Å². The van der Waals surface area contributed by atoms with Gasteiger partial charge >= 0.3 is 0 Å². The minimum Gasteiger partial charge on any atom is -0.497 e. The zero-order valence-corrected chi connectivity index (χ0v) is 16.5. The molecule has 4 N–H and O–H groups in total. The van der Waals surface area contributed by atoms with E-state index in [9.17, 15) is 4.79 Å². The Labute approximate surface area is 173 Å². The fourth-order valence-electron chi connectivity index (χ4n) is 3.27. The first-order valence-corrected chi connectivity index (χ1v) is 9.59. The quantitative estimate of drug-likeness (QED) is 0.495. The van der Waals surface area contributed by atoms with Gasteiger partial charge in [-0.2, -0.15) is 5.10 Å². The van der Waals surface area contributed by atoms with Crippen molar-refractivity contribution in [1.29, 1.82) is 0 Å². The van der Waals surface area contributed by atoms with Crippen LogP contribution < -0.4 is 20.9 Å². The molecule has 2 aromatic carbocycles. The van der Waals surface area contributed by atoms with Gasteiger partial charge in [0.05, 0.1) is 25.6 Å². The molecule has 2 heterocycles. The van der Waals surface area contributed by atoms with Crippen LogP contribution in [0.5, 0.6) is 5.75 Å². The Bertz CT molecular complexity index is 973. The maximum Gasteiger partial charge on any atom is 0.226 e. The number of hydrazine groups is 1. The summed E-state index contributed by atoms with van der Waals surface area (Å²) in [5, 5.41) is 10.7. The predicted molar refractivity (Wildman–Crippen MR) is 109 cm³/mol. The first-order chi connectivity index (χ1) is 14.1. The number of hydrogen-bond acceptors (Lipinski definition) is 6. The van der Waals surface area contributed by atoms with Gasteiger partial charge in [-0.1, -0.05) is 23.7 Å². The smallest absolute Gasteiger partial charge is 0.226 e. The molecule has 0 aliphatic carbocycles. The zero-order chi connectivity index (χ0) is 20.2. The summed E-state index contributed by atoms with van der Waals surface area (Å²) in [4.78, 5) is 17.2. The molecule has 1 fully saturated rings. The number of aromatic amines is 1. The van der Waals surface area contributed by atoms with Gasteiger partial charge in [-0.05, 0) is 42.0 Å². The summed E-state index contributed by atoms with van der Waals surface area (Å²) in [7, 11) is 1.62. The Morgan fingerprint density at radius 1 is 1.21 bits per heavy atom. The second kappa shape index (κ2) is 8.60. The molecular formula is C20H21ClN6O2. The molecular weight excluding hydrogens is 392 g/mol. The van der Waals surface area contributed by atoms with Gasteiger partial charge < -0.3 is 10.1 Å². The zero-order valence-electron chi connectivity index (χ0n) is 15.8. The van der Waals surface area contributed by atoms with Gasteiger partial charge in [0.1, 0.15) is 11.6 Å². The van der Waals surface area contributed by atoms with Crippen molar-refractivity contribution in [1.82, 2.24) is 31.3 Å². The van der Waals surface area contributed by atoms with E-state index in [2.05, 4.69) is 31.3 Å². The monoisotopic (exact) mass is 412 g/mol. The Morgan fingerprint density at radius 2 is 1.97 bits per heavy atom. The molecule has 0 spiro atoms. The summed E-state index contributed by atoms with van der Waals surface area (Å²) in [6, 6.07) is 14.8. The number of H-pyrrole nitrogens is 1. The number of carbonyl (C=O) groups excluding carboxylic acids is 1. The lowest BCUT2D eigenvalue weighted by molar-refractivity contribution is -0.125. The highest BCUT2D eigenvalue weighted by Crippen LogP contribution is 2.26. The van der Waals surface area contributed by atoms with Crippen LogP contribution in [0.15, 0.2) is 48.5 Å². The van der Waals surface area contributed by atoms with Crippen LogP contribution in [0, 0.1) is 5.92 Å². The van der Waals surface area contributed by atoms with Crippen LogP contribution in [0.1, 0.15) is 17.4 Å².